The second-order valence-electron chi connectivity index (χ2n) is 4.42. The molecule has 0 spiro atoms. The summed E-state index contributed by atoms with van der Waals surface area (Å²) in [6.07, 6.45) is 0. The van der Waals surface area contributed by atoms with Crippen LogP contribution in [0.2, 0.25) is 0 Å². The van der Waals surface area contributed by atoms with Crippen molar-refractivity contribution >= 4 is 28.8 Å². The van der Waals surface area contributed by atoms with Crippen molar-refractivity contribution in [1.82, 2.24) is 0 Å². The van der Waals surface area contributed by atoms with Crippen LogP contribution in [-0.4, -0.2) is 16.0 Å². The van der Waals surface area contributed by atoms with Crippen molar-refractivity contribution in [3.05, 3.63) is 59.2 Å². The van der Waals surface area contributed by atoms with Gasteiger partial charge in [0.1, 0.15) is 10.7 Å². The number of hydrogen-bond donors (Lipinski definition) is 3. The molecule has 0 heterocycles. The van der Waals surface area contributed by atoms with Gasteiger partial charge in [0.05, 0.1) is 5.56 Å². The topological polar surface area (TPSA) is 75.4 Å². The van der Waals surface area contributed by atoms with Gasteiger partial charge in [0.25, 0.3) is 5.91 Å². The molecule has 2 aromatic rings. The zero-order chi connectivity index (χ0) is 14.7. The predicted octanol–water partition coefficient (Wildman–Crippen LogP) is 2.59. The minimum Gasteiger partial charge on any atom is -0.507 e. The highest BCUT2D eigenvalue weighted by Crippen LogP contribution is 2.20. The molecule has 0 bridgehead atoms. The number of benzene rings is 2. The average Bonchev–Trinajstić information content (AvgIpc) is 2.38. The van der Waals surface area contributed by atoms with Gasteiger partial charge in [-0.25, -0.2) is 0 Å². The molecular weight excluding hydrogens is 272 g/mol. The molecule has 0 aliphatic rings. The largest absolute Gasteiger partial charge is 0.507 e. The fourth-order valence-electron chi connectivity index (χ4n) is 1.78. The summed E-state index contributed by atoms with van der Waals surface area (Å²) in [5, 5.41) is 12.5. The third kappa shape index (κ3) is 3.13. The summed E-state index contributed by atoms with van der Waals surface area (Å²) in [6.45, 7) is 1.84. The SMILES string of the molecule is Cc1ccc(C(=O)Nc2cccc(C(N)=S)c2)c(O)c1. The van der Waals surface area contributed by atoms with Crippen LogP contribution in [0.1, 0.15) is 21.5 Å². The van der Waals surface area contributed by atoms with Crippen LogP contribution < -0.4 is 11.1 Å². The van der Waals surface area contributed by atoms with E-state index in [-0.39, 0.29) is 22.2 Å². The number of carbonyl (C=O) groups excluding carboxylic acids is 1. The van der Waals surface area contributed by atoms with Gasteiger partial charge in [-0.2, -0.15) is 0 Å². The van der Waals surface area contributed by atoms with Crippen LogP contribution in [0.15, 0.2) is 42.5 Å². The first-order valence-corrected chi connectivity index (χ1v) is 6.39. The number of amides is 1. The first-order chi connectivity index (χ1) is 9.47. The van der Waals surface area contributed by atoms with E-state index in [0.29, 0.717) is 11.3 Å². The molecule has 1 amide bonds. The predicted molar refractivity (Wildman–Crippen MR) is 83.1 cm³/mol. The highest BCUT2D eigenvalue weighted by Gasteiger charge is 2.11. The van der Waals surface area contributed by atoms with Gasteiger partial charge in [-0.05, 0) is 36.8 Å². The maximum Gasteiger partial charge on any atom is 0.259 e. The third-order valence-corrected chi connectivity index (χ3v) is 3.04. The van der Waals surface area contributed by atoms with Gasteiger partial charge in [0, 0.05) is 11.3 Å². The molecule has 0 radical (unpaired) electrons. The van der Waals surface area contributed by atoms with Crippen molar-refractivity contribution in [3.63, 3.8) is 0 Å². The lowest BCUT2D eigenvalue weighted by molar-refractivity contribution is 0.102. The van der Waals surface area contributed by atoms with E-state index >= 15 is 0 Å². The van der Waals surface area contributed by atoms with Crippen LogP contribution in [-0.2, 0) is 0 Å². The summed E-state index contributed by atoms with van der Waals surface area (Å²) >= 11 is 4.89. The fraction of sp³-hybridized carbons (Fsp3) is 0.0667. The molecule has 0 saturated heterocycles. The molecule has 0 unspecified atom stereocenters. The van der Waals surface area contributed by atoms with E-state index in [2.05, 4.69) is 5.32 Å². The summed E-state index contributed by atoms with van der Waals surface area (Å²) in [5.41, 5.74) is 7.89. The smallest absolute Gasteiger partial charge is 0.259 e. The molecular formula is C15H14N2O2S. The highest BCUT2D eigenvalue weighted by molar-refractivity contribution is 7.80. The van der Waals surface area contributed by atoms with Crippen LogP contribution in [0.3, 0.4) is 0 Å². The molecule has 0 fully saturated rings. The molecule has 2 rings (SSSR count). The summed E-state index contributed by atoms with van der Waals surface area (Å²) < 4.78 is 0. The zero-order valence-corrected chi connectivity index (χ0v) is 11.7. The maximum atomic E-state index is 12.1. The van der Waals surface area contributed by atoms with Crippen LogP contribution in [0.5, 0.6) is 5.75 Å². The Bertz CT molecular complexity index is 683. The number of anilines is 1. The number of phenols is 1. The third-order valence-electron chi connectivity index (χ3n) is 2.80. The number of rotatable bonds is 3. The quantitative estimate of drug-likeness (QED) is 0.758. The van der Waals surface area contributed by atoms with E-state index < -0.39 is 0 Å². The Hall–Kier alpha value is -2.40. The number of nitrogens with one attached hydrogen (secondary N) is 1. The number of nitrogens with two attached hydrogens (primary N) is 1. The Balaban J connectivity index is 2.23. The van der Waals surface area contributed by atoms with Crippen molar-refractivity contribution < 1.29 is 9.90 Å². The lowest BCUT2D eigenvalue weighted by Crippen LogP contribution is -2.14. The molecule has 0 aromatic heterocycles. The number of carbonyl (C=O) groups is 1. The first-order valence-electron chi connectivity index (χ1n) is 5.98. The molecule has 102 valence electrons. The molecule has 0 aliphatic carbocycles. The summed E-state index contributed by atoms with van der Waals surface area (Å²) in [6, 6.07) is 11.8. The number of aromatic hydroxyl groups is 1. The molecule has 4 N–H and O–H groups in total. The average molecular weight is 286 g/mol. The molecule has 4 nitrogen and oxygen atoms in total. The second kappa shape index (κ2) is 5.71. The first kappa shape index (κ1) is 14.0. The second-order valence-corrected chi connectivity index (χ2v) is 4.86. The highest BCUT2D eigenvalue weighted by atomic mass is 32.1. The van der Waals surface area contributed by atoms with Crippen molar-refractivity contribution in [1.29, 1.82) is 0 Å². The Labute approximate surface area is 122 Å². The van der Waals surface area contributed by atoms with E-state index in [1.807, 2.05) is 6.92 Å². The summed E-state index contributed by atoms with van der Waals surface area (Å²) in [7, 11) is 0. The molecule has 5 heteroatoms. The molecule has 0 saturated carbocycles. The van der Waals surface area contributed by atoms with Crippen LogP contribution >= 0.6 is 12.2 Å². The van der Waals surface area contributed by atoms with Crippen molar-refractivity contribution in [2.75, 3.05) is 5.32 Å². The van der Waals surface area contributed by atoms with Crippen molar-refractivity contribution in [2.24, 2.45) is 5.73 Å². The Morgan fingerprint density at radius 2 is 2.00 bits per heavy atom. The lowest BCUT2D eigenvalue weighted by Gasteiger charge is -2.08. The summed E-state index contributed by atoms with van der Waals surface area (Å²) in [4.78, 5) is 12.4. The van der Waals surface area contributed by atoms with E-state index in [0.717, 1.165) is 5.56 Å². The van der Waals surface area contributed by atoms with E-state index in [1.54, 1.807) is 42.5 Å². The Morgan fingerprint density at radius 3 is 2.65 bits per heavy atom. The normalized spacial score (nSPS) is 10.1. The van der Waals surface area contributed by atoms with Gasteiger partial charge in [-0.1, -0.05) is 30.4 Å². The minimum atomic E-state index is -0.386. The number of thiocarbonyl (C=S) groups is 1. The van der Waals surface area contributed by atoms with Gasteiger partial charge in [-0.3, -0.25) is 4.79 Å². The van der Waals surface area contributed by atoms with E-state index in [9.17, 15) is 9.90 Å². The monoisotopic (exact) mass is 286 g/mol. The Kier molecular flexibility index (Phi) is 4.00. The molecule has 0 atom stereocenters. The minimum absolute atomic E-state index is 0.0481. The molecule has 20 heavy (non-hydrogen) atoms. The maximum absolute atomic E-state index is 12.1. The lowest BCUT2D eigenvalue weighted by atomic mass is 10.1. The van der Waals surface area contributed by atoms with Gasteiger partial charge < -0.3 is 16.2 Å². The van der Waals surface area contributed by atoms with Gasteiger partial charge in [0.15, 0.2) is 0 Å². The van der Waals surface area contributed by atoms with Gasteiger partial charge in [0.2, 0.25) is 0 Å². The van der Waals surface area contributed by atoms with E-state index in [1.165, 1.54) is 0 Å². The Morgan fingerprint density at radius 1 is 1.25 bits per heavy atom. The van der Waals surface area contributed by atoms with Crippen LogP contribution in [0.4, 0.5) is 5.69 Å². The van der Waals surface area contributed by atoms with Crippen LogP contribution in [0.25, 0.3) is 0 Å². The number of hydrogen-bond acceptors (Lipinski definition) is 3. The van der Waals surface area contributed by atoms with Crippen molar-refractivity contribution in [2.45, 2.75) is 6.92 Å². The van der Waals surface area contributed by atoms with E-state index in [4.69, 9.17) is 18.0 Å². The summed E-state index contributed by atoms with van der Waals surface area (Å²) in [5.74, 6) is -0.435. The number of aryl methyl sites for hydroxylation is 1. The molecule has 2 aromatic carbocycles. The zero-order valence-electron chi connectivity index (χ0n) is 10.9. The van der Waals surface area contributed by atoms with Crippen molar-refractivity contribution in [3.8, 4) is 5.75 Å². The fourth-order valence-corrected chi connectivity index (χ4v) is 1.91. The van der Waals surface area contributed by atoms with Gasteiger partial charge in [-0.15, -0.1) is 0 Å². The van der Waals surface area contributed by atoms with Gasteiger partial charge >= 0.3 is 0 Å². The molecule has 0 aliphatic heterocycles. The standard InChI is InChI=1S/C15H14N2O2S/c1-9-5-6-12(13(18)7-9)15(19)17-11-4-2-3-10(8-11)14(16)20/h2-8,18H,1H3,(H2,16,20)(H,17,19). The number of phenolic OH excluding ortho intramolecular Hbond substituents is 1. The van der Waals surface area contributed by atoms with Crippen LogP contribution in [0, 0.1) is 6.92 Å².